The Bertz CT molecular complexity index is 529. The number of amides is 1. The summed E-state index contributed by atoms with van der Waals surface area (Å²) in [5.74, 6) is 0.133. The Morgan fingerprint density at radius 2 is 2.00 bits per heavy atom. The van der Waals surface area contributed by atoms with Gasteiger partial charge in [0.15, 0.2) is 0 Å². The van der Waals surface area contributed by atoms with Crippen LogP contribution in [0.5, 0.6) is 0 Å². The topological polar surface area (TPSA) is 33.2 Å². The summed E-state index contributed by atoms with van der Waals surface area (Å²) in [5, 5.41) is 0. The Morgan fingerprint density at radius 3 is 2.67 bits per heavy atom. The Balaban J connectivity index is 2.34. The van der Waals surface area contributed by atoms with E-state index in [1.807, 2.05) is 23.1 Å². The van der Waals surface area contributed by atoms with E-state index in [1.165, 1.54) is 11.3 Å². The van der Waals surface area contributed by atoms with Crippen molar-refractivity contribution in [3.8, 4) is 0 Å². The van der Waals surface area contributed by atoms with Crippen LogP contribution < -0.4 is 0 Å². The molecule has 0 saturated heterocycles. The summed E-state index contributed by atoms with van der Waals surface area (Å²) in [6.07, 6.45) is 1.98. The molecule has 1 amide bonds. The fourth-order valence-corrected chi connectivity index (χ4v) is 2.88. The lowest BCUT2D eigenvalue weighted by Gasteiger charge is -2.21. The molecule has 0 N–H and O–H groups in total. The third-order valence-electron chi connectivity index (χ3n) is 2.86. The predicted molar refractivity (Wildman–Crippen MR) is 76.1 cm³/mol. The molecular weight excluding hydrogens is 244 g/mol. The van der Waals surface area contributed by atoms with Crippen LogP contribution in [0.3, 0.4) is 0 Å². The lowest BCUT2D eigenvalue weighted by molar-refractivity contribution is 0.0758. The molecule has 0 unspecified atom stereocenters. The van der Waals surface area contributed by atoms with Gasteiger partial charge in [0.2, 0.25) is 0 Å². The highest BCUT2D eigenvalue weighted by Crippen LogP contribution is 2.23. The quantitative estimate of drug-likeness (QED) is 0.825. The van der Waals surface area contributed by atoms with Crippen molar-refractivity contribution >= 4 is 27.5 Å². The lowest BCUT2D eigenvalue weighted by Crippen LogP contribution is -2.32. The second kappa shape index (κ2) is 5.96. The summed E-state index contributed by atoms with van der Waals surface area (Å²) < 4.78 is 1.000. The van der Waals surface area contributed by atoms with Crippen molar-refractivity contribution in [3.63, 3.8) is 0 Å². The van der Waals surface area contributed by atoms with E-state index >= 15 is 0 Å². The number of hydrogen-bond acceptors (Lipinski definition) is 3. The largest absolute Gasteiger partial charge is 0.339 e. The maximum absolute atomic E-state index is 12.5. The first kappa shape index (κ1) is 13.0. The fraction of sp³-hybridized carbons (Fsp3) is 0.429. The second-order valence-corrected chi connectivity index (χ2v) is 5.15. The minimum Gasteiger partial charge on any atom is -0.339 e. The Morgan fingerprint density at radius 1 is 1.28 bits per heavy atom. The average molecular weight is 262 g/mol. The van der Waals surface area contributed by atoms with Crippen molar-refractivity contribution in [2.45, 2.75) is 26.7 Å². The third kappa shape index (κ3) is 2.53. The highest BCUT2D eigenvalue weighted by Gasteiger charge is 2.17. The molecule has 1 aromatic carbocycles. The minimum atomic E-state index is 0.133. The van der Waals surface area contributed by atoms with Gasteiger partial charge in [-0.25, -0.2) is 4.98 Å². The minimum absolute atomic E-state index is 0.133. The van der Waals surface area contributed by atoms with E-state index in [1.54, 1.807) is 5.51 Å². The number of rotatable bonds is 5. The van der Waals surface area contributed by atoms with Gasteiger partial charge >= 0.3 is 0 Å². The van der Waals surface area contributed by atoms with Crippen LogP contribution in [0, 0.1) is 0 Å². The normalized spacial score (nSPS) is 10.8. The van der Waals surface area contributed by atoms with Crippen LogP contribution >= 0.6 is 11.3 Å². The molecule has 0 spiro atoms. The zero-order valence-electron chi connectivity index (χ0n) is 10.8. The van der Waals surface area contributed by atoms with Crippen LogP contribution in [-0.2, 0) is 0 Å². The highest BCUT2D eigenvalue weighted by molar-refractivity contribution is 7.17. The molecule has 96 valence electrons. The standard InChI is InChI=1S/C14H18N2OS/c1-3-8-16(9-4-2)14(17)11-6-5-7-12-13(11)18-10-15-12/h5-7,10H,3-4,8-9H2,1-2H3. The predicted octanol–water partition coefficient (Wildman–Crippen LogP) is 3.56. The maximum atomic E-state index is 12.5. The van der Waals surface area contributed by atoms with Gasteiger partial charge in [0.1, 0.15) is 0 Å². The lowest BCUT2D eigenvalue weighted by atomic mass is 10.1. The van der Waals surface area contributed by atoms with E-state index in [0.717, 1.165) is 41.7 Å². The number of carbonyl (C=O) groups is 1. The molecule has 0 atom stereocenters. The summed E-state index contributed by atoms with van der Waals surface area (Å²) in [6.45, 7) is 5.84. The molecule has 0 aliphatic rings. The molecule has 18 heavy (non-hydrogen) atoms. The highest BCUT2D eigenvalue weighted by atomic mass is 32.1. The molecule has 0 aliphatic carbocycles. The van der Waals surface area contributed by atoms with Crippen molar-refractivity contribution < 1.29 is 4.79 Å². The van der Waals surface area contributed by atoms with Gasteiger partial charge in [-0.2, -0.15) is 0 Å². The summed E-state index contributed by atoms with van der Waals surface area (Å²) in [7, 11) is 0. The molecule has 0 aliphatic heterocycles. The van der Waals surface area contributed by atoms with Crippen molar-refractivity contribution in [1.29, 1.82) is 0 Å². The van der Waals surface area contributed by atoms with Crippen molar-refractivity contribution in [2.75, 3.05) is 13.1 Å². The molecule has 1 heterocycles. The zero-order valence-corrected chi connectivity index (χ0v) is 11.7. The van der Waals surface area contributed by atoms with Crippen LogP contribution in [0.15, 0.2) is 23.7 Å². The molecule has 0 bridgehead atoms. The molecule has 0 radical (unpaired) electrons. The Kier molecular flexibility index (Phi) is 4.31. The molecule has 0 fully saturated rings. The van der Waals surface area contributed by atoms with Crippen LogP contribution in [-0.4, -0.2) is 28.9 Å². The van der Waals surface area contributed by atoms with Gasteiger partial charge in [-0.1, -0.05) is 19.9 Å². The van der Waals surface area contributed by atoms with Crippen LogP contribution in [0.25, 0.3) is 10.2 Å². The maximum Gasteiger partial charge on any atom is 0.255 e. The monoisotopic (exact) mass is 262 g/mol. The van der Waals surface area contributed by atoms with Gasteiger partial charge in [-0.3, -0.25) is 4.79 Å². The Hall–Kier alpha value is -1.42. The van der Waals surface area contributed by atoms with Gasteiger partial charge < -0.3 is 4.90 Å². The van der Waals surface area contributed by atoms with Crippen molar-refractivity contribution in [1.82, 2.24) is 9.88 Å². The number of nitrogens with zero attached hydrogens (tertiary/aromatic N) is 2. The smallest absolute Gasteiger partial charge is 0.255 e. The van der Waals surface area contributed by atoms with Gasteiger partial charge in [0, 0.05) is 13.1 Å². The number of aromatic nitrogens is 1. The van der Waals surface area contributed by atoms with Crippen molar-refractivity contribution in [2.24, 2.45) is 0 Å². The van der Waals surface area contributed by atoms with Gasteiger partial charge in [-0.05, 0) is 25.0 Å². The van der Waals surface area contributed by atoms with Crippen molar-refractivity contribution in [3.05, 3.63) is 29.3 Å². The average Bonchev–Trinajstić information content (AvgIpc) is 2.85. The molecule has 2 rings (SSSR count). The first-order valence-corrected chi connectivity index (χ1v) is 7.27. The van der Waals surface area contributed by atoms with Gasteiger partial charge in [0.25, 0.3) is 5.91 Å². The number of hydrogen-bond donors (Lipinski definition) is 0. The molecule has 2 aromatic rings. The van der Waals surface area contributed by atoms with E-state index in [9.17, 15) is 4.79 Å². The molecule has 0 saturated carbocycles. The molecule has 4 heteroatoms. The fourth-order valence-electron chi connectivity index (χ4n) is 2.08. The molecular formula is C14H18N2OS. The van der Waals surface area contributed by atoms with E-state index in [-0.39, 0.29) is 5.91 Å². The van der Waals surface area contributed by atoms with E-state index in [2.05, 4.69) is 18.8 Å². The summed E-state index contributed by atoms with van der Waals surface area (Å²) >= 11 is 1.54. The second-order valence-electron chi connectivity index (χ2n) is 4.30. The summed E-state index contributed by atoms with van der Waals surface area (Å²) in [5.41, 5.74) is 3.50. The number of carbonyl (C=O) groups excluding carboxylic acids is 1. The van der Waals surface area contributed by atoms with E-state index in [0.29, 0.717) is 0 Å². The SMILES string of the molecule is CCCN(CCC)C(=O)c1cccc2ncsc12. The molecule has 3 nitrogen and oxygen atoms in total. The Labute approximate surface area is 111 Å². The van der Waals surface area contributed by atoms with Crippen LogP contribution in [0.1, 0.15) is 37.0 Å². The van der Waals surface area contributed by atoms with E-state index in [4.69, 9.17) is 0 Å². The van der Waals surface area contributed by atoms with Gasteiger partial charge in [0.05, 0.1) is 21.3 Å². The summed E-state index contributed by atoms with van der Waals surface area (Å²) in [4.78, 5) is 18.7. The number of thiazole rings is 1. The first-order chi connectivity index (χ1) is 8.77. The first-order valence-electron chi connectivity index (χ1n) is 6.39. The third-order valence-corrected chi connectivity index (χ3v) is 3.74. The van der Waals surface area contributed by atoms with Crippen LogP contribution in [0.2, 0.25) is 0 Å². The zero-order chi connectivity index (χ0) is 13.0. The van der Waals surface area contributed by atoms with Crippen LogP contribution in [0.4, 0.5) is 0 Å². The number of benzene rings is 1. The summed E-state index contributed by atoms with van der Waals surface area (Å²) in [6, 6.07) is 5.76. The molecule has 1 aromatic heterocycles. The van der Waals surface area contributed by atoms with E-state index < -0.39 is 0 Å². The number of fused-ring (bicyclic) bond motifs is 1. The van der Waals surface area contributed by atoms with Gasteiger partial charge in [-0.15, -0.1) is 11.3 Å².